The minimum atomic E-state index is 0.314. The van der Waals surface area contributed by atoms with Crippen molar-refractivity contribution < 1.29 is 0 Å². The number of nitrogens with zero attached hydrogens (tertiary/aromatic N) is 2. The molecule has 0 amide bonds. The summed E-state index contributed by atoms with van der Waals surface area (Å²) in [4.78, 5) is 8.64. The van der Waals surface area contributed by atoms with Crippen molar-refractivity contribution in [2.75, 3.05) is 6.54 Å². The summed E-state index contributed by atoms with van der Waals surface area (Å²) in [7, 11) is 0. The maximum absolute atomic E-state index is 4.35. The van der Waals surface area contributed by atoms with Crippen molar-refractivity contribution >= 4 is 11.0 Å². The molecule has 0 fully saturated rings. The van der Waals surface area contributed by atoms with Crippen LogP contribution in [0.1, 0.15) is 31.4 Å². The molecule has 1 N–H and O–H groups in total. The van der Waals surface area contributed by atoms with Crippen LogP contribution in [-0.2, 0) is 0 Å². The number of nitrogens with one attached hydrogen (secondary N) is 1. The zero-order valence-electron chi connectivity index (χ0n) is 10.8. The van der Waals surface area contributed by atoms with Gasteiger partial charge in [0.1, 0.15) is 0 Å². The first-order chi connectivity index (χ1) is 8.85. The van der Waals surface area contributed by atoms with E-state index in [1.54, 1.807) is 12.4 Å². The minimum absolute atomic E-state index is 0.314. The Morgan fingerprint density at radius 1 is 1.28 bits per heavy atom. The fourth-order valence-electron chi connectivity index (χ4n) is 2.02. The van der Waals surface area contributed by atoms with Gasteiger partial charge in [-0.3, -0.25) is 9.97 Å². The maximum atomic E-state index is 4.35. The van der Waals surface area contributed by atoms with Crippen LogP contribution in [-0.4, -0.2) is 16.5 Å². The highest BCUT2D eigenvalue weighted by molar-refractivity contribution is 5.74. The Hall–Kier alpha value is -1.74. The van der Waals surface area contributed by atoms with Crippen LogP contribution < -0.4 is 5.32 Å². The summed E-state index contributed by atoms with van der Waals surface area (Å²) >= 11 is 0. The molecule has 1 aromatic carbocycles. The summed E-state index contributed by atoms with van der Waals surface area (Å²) in [5, 5.41) is 3.53. The van der Waals surface area contributed by atoms with Gasteiger partial charge in [0.25, 0.3) is 0 Å². The van der Waals surface area contributed by atoms with Crippen molar-refractivity contribution in [2.24, 2.45) is 0 Å². The maximum Gasteiger partial charge on any atom is 0.0890 e. The molecule has 1 unspecified atom stereocenters. The van der Waals surface area contributed by atoms with E-state index in [-0.39, 0.29) is 0 Å². The molecule has 2 rings (SSSR count). The molecule has 0 saturated heterocycles. The normalized spacial score (nSPS) is 12.5. The molecule has 0 aliphatic heterocycles. The first-order valence-corrected chi connectivity index (χ1v) is 6.40. The van der Waals surface area contributed by atoms with Crippen molar-refractivity contribution in [2.45, 2.75) is 25.8 Å². The fourth-order valence-corrected chi connectivity index (χ4v) is 2.02. The number of benzene rings is 1. The van der Waals surface area contributed by atoms with E-state index in [4.69, 9.17) is 0 Å². The summed E-state index contributed by atoms with van der Waals surface area (Å²) in [6.07, 6.45) is 7.45. The van der Waals surface area contributed by atoms with E-state index in [9.17, 15) is 0 Å². The Morgan fingerprint density at radius 3 is 2.78 bits per heavy atom. The molecular formula is C15H19N3. The zero-order chi connectivity index (χ0) is 12.8. The minimum Gasteiger partial charge on any atom is -0.310 e. The Kier molecular flexibility index (Phi) is 4.42. The molecule has 0 radical (unpaired) electrons. The Balaban J connectivity index is 2.28. The summed E-state index contributed by atoms with van der Waals surface area (Å²) in [5.74, 6) is 0. The molecule has 18 heavy (non-hydrogen) atoms. The molecular weight excluding hydrogens is 222 g/mol. The van der Waals surface area contributed by atoms with Gasteiger partial charge in [0.2, 0.25) is 0 Å². The van der Waals surface area contributed by atoms with Gasteiger partial charge in [-0.15, -0.1) is 6.58 Å². The van der Waals surface area contributed by atoms with Crippen LogP contribution in [0.4, 0.5) is 0 Å². The third kappa shape index (κ3) is 2.93. The molecule has 0 saturated carbocycles. The van der Waals surface area contributed by atoms with Gasteiger partial charge in [0.05, 0.1) is 11.0 Å². The van der Waals surface area contributed by atoms with Gasteiger partial charge in [-0.05, 0) is 37.1 Å². The lowest BCUT2D eigenvalue weighted by molar-refractivity contribution is 0.537. The van der Waals surface area contributed by atoms with Crippen LogP contribution in [0.15, 0.2) is 43.2 Å². The first kappa shape index (κ1) is 12.7. The van der Waals surface area contributed by atoms with Crippen LogP contribution >= 0.6 is 0 Å². The molecule has 2 aromatic rings. The van der Waals surface area contributed by atoms with E-state index in [2.05, 4.69) is 40.9 Å². The van der Waals surface area contributed by atoms with Crippen molar-refractivity contribution in [3.63, 3.8) is 0 Å². The van der Waals surface area contributed by atoms with Gasteiger partial charge in [-0.2, -0.15) is 0 Å². The number of rotatable bonds is 6. The van der Waals surface area contributed by atoms with Crippen LogP contribution in [0.5, 0.6) is 0 Å². The van der Waals surface area contributed by atoms with E-state index >= 15 is 0 Å². The smallest absolute Gasteiger partial charge is 0.0890 e. The molecule has 1 heterocycles. The number of hydrogen-bond acceptors (Lipinski definition) is 3. The zero-order valence-corrected chi connectivity index (χ0v) is 10.8. The van der Waals surface area contributed by atoms with E-state index in [0.29, 0.717) is 6.04 Å². The predicted molar refractivity (Wildman–Crippen MR) is 75.4 cm³/mol. The highest BCUT2D eigenvalue weighted by Crippen LogP contribution is 2.20. The summed E-state index contributed by atoms with van der Waals surface area (Å²) < 4.78 is 0. The number of aromatic nitrogens is 2. The largest absolute Gasteiger partial charge is 0.310 e. The third-order valence-electron chi connectivity index (χ3n) is 2.94. The van der Waals surface area contributed by atoms with Crippen LogP contribution in [0.25, 0.3) is 11.0 Å². The van der Waals surface area contributed by atoms with Gasteiger partial charge in [0, 0.05) is 18.4 Å². The number of fused-ring (bicyclic) bond motifs is 1. The second kappa shape index (κ2) is 6.26. The molecule has 1 atom stereocenters. The van der Waals surface area contributed by atoms with Gasteiger partial charge < -0.3 is 5.32 Å². The summed E-state index contributed by atoms with van der Waals surface area (Å²) in [6.45, 7) is 7.01. The molecule has 0 spiro atoms. The molecule has 0 aliphatic rings. The van der Waals surface area contributed by atoms with Gasteiger partial charge in [-0.1, -0.05) is 19.1 Å². The topological polar surface area (TPSA) is 37.8 Å². The van der Waals surface area contributed by atoms with Gasteiger partial charge >= 0.3 is 0 Å². The molecule has 3 heteroatoms. The van der Waals surface area contributed by atoms with Crippen molar-refractivity contribution in [3.8, 4) is 0 Å². The second-order valence-electron chi connectivity index (χ2n) is 4.34. The molecule has 0 aliphatic carbocycles. The van der Waals surface area contributed by atoms with Crippen molar-refractivity contribution in [1.29, 1.82) is 0 Å². The lowest BCUT2D eigenvalue weighted by Gasteiger charge is -2.17. The van der Waals surface area contributed by atoms with E-state index in [1.165, 1.54) is 5.56 Å². The second-order valence-corrected chi connectivity index (χ2v) is 4.34. The van der Waals surface area contributed by atoms with Gasteiger partial charge in [-0.25, -0.2) is 0 Å². The Morgan fingerprint density at radius 2 is 2.06 bits per heavy atom. The van der Waals surface area contributed by atoms with Gasteiger partial charge in [0.15, 0.2) is 0 Å². The Labute approximate surface area is 108 Å². The highest BCUT2D eigenvalue weighted by Gasteiger charge is 2.09. The van der Waals surface area contributed by atoms with E-state index < -0.39 is 0 Å². The van der Waals surface area contributed by atoms with Crippen molar-refractivity contribution in [3.05, 3.63) is 48.8 Å². The van der Waals surface area contributed by atoms with Crippen molar-refractivity contribution in [1.82, 2.24) is 15.3 Å². The SMILES string of the molecule is C=CCC(NCCC)c1ccc2nccnc2c1. The average Bonchev–Trinajstić information content (AvgIpc) is 2.43. The fraction of sp³-hybridized carbons (Fsp3) is 0.333. The summed E-state index contributed by atoms with van der Waals surface area (Å²) in [5.41, 5.74) is 3.13. The average molecular weight is 241 g/mol. The lowest BCUT2D eigenvalue weighted by atomic mass is 10.0. The van der Waals surface area contributed by atoms with E-state index in [1.807, 2.05) is 12.1 Å². The van der Waals surface area contributed by atoms with Crippen LogP contribution in [0, 0.1) is 0 Å². The third-order valence-corrected chi connectivity index (χ3v) is 2.94. The van der Waals surface area contributed by atoms with E-state index in [0.717, 1.165) is 30.4 Å². The number of hydrogen-bond donors (Lipinski definition) is 1. The molecule has 3 nitrogen and oxygen atoms in total. The lowest BCUT2D eigenvalue weighted by Crippen LogP contribution is -2.21. The molecule has 94 valence electrons. The Bertz CT molecular complexity index is 522. The monoisotopic (exact) mass is 241 g/mol. The first-order valence-electron chi connectivity index (χ1n) is 6.40. The summed E-state index contributed by atoms with van der Waals surface area (Å²) in [6, 6.07) is 6.57. The van der Waals surface area contributed by atoms with Crippen LogP contribution in [0.2, 0.25) is 0 Å². The standard InChI is InChI=1S/C15H19N3/c1-3-5-13(16-8-4-2)12-6-7-14-15(11-12)18-10-9-17-14/h3,6-7,9-11,13,16H,1,4-5,8H2,2H3. The quantitative estimate of drug-likeness (QED) is 0.789. The predicted octanol–water partition coefficient (Wildman–Crippen LogP) is 3.25. The van der Waals surface area contributed by atoms with Crippen LogP contribution in [0.3, 0.4) is 0 Å². The molecule has 1 aromatic heterocycles. The molecule has 0 bridgehead atoms. The highest BCUT2D eigenvalue weighted by atomic mass is 14.9.